The molecule has 0 aliphatic rings. The molecule has 2 N–H and O–H groups in total. The Morgan fingerprint density at radius 2 is 1.79 bits per heavy atom. The van der Waals surface area contributed by atoms with Gasteiger partial charge in [-0.25, -0.2) is 0 Å². The minimum absolute atomic E-state index is 0.449. The highest BCUT2D eigenvalue weighted by Crippen LogP contribution is 2.22. The van der Waals surface area contributed by atoms with Gasteiger partial charge in [-0.2, -0.15) is 0 Å². The zero-order valence-electron chi connectivity index (χ0n) is 10.4. The first kappa shape index (κ1) is 13.9. The number of aliphatic hydroxyl groups is 1. The predicted octanol–water partition coefficient (Wildman–Crippen LogP) is 2.56. The van der Waals surface area contributed by atoms with Gasteiger partial charge in [0.1, 0.15) is 0 Å². The molecule has 0 heterocycles. The average Bonchev–Trinajstić information content (AvgIpc) is 2.14. The fourth-order valence-corrected chi connectivity index (χ4v) is 1.53. The molecule has 0 aromatic rings. The number of rotatable bonds is 7. The molecule has 0 bridgehead atoms. The molecule has 0 saturated carbocycles. The minimum atomic E-state index is -0.514. The van der Waals surface area contributed by atoms with Gasteiger partial charge < -0.3 is 10.4 Å². The molecular weight excluding hydrogens is 174 g/mol. The summed E-state index contributed by atoms with van der Waals surface area (Å²) in [6.45, 7) is 11.4. The fraction of sp³-hybridized carbons (Fsp3) is 1.00. The zero-order chi connectivity index (χ0) is 11.2. The average molecular weight is 201 g/mol. The van der Waals surface area contributed by atoms with Gasteiger partial charge in [-0.1, -0.05) is 41.0 Å². The maximum absolute atomic E-state index is 10.3. The summed E-state index contributed by atoms with van der Waals surface area (Å²) in [6.07, 6.45) is 2.88. The molecule has 2 heteroatoms. The van der Waals surface area contributed by atoms with Crippen molar-refractivity contribution in [2.45, 2.75) is 65.5 Å². The van der Waals surface area contributed by atoms with Crippen LogP contribution in [-0.4, -0.2) is 23.3 Å². The lowest BCUT2D eigenvalue weighted by atomic mass is 9.87. The summed E-state index contributed by atoms with van der Waals surface area (Å²) in [5.74, 6) is 0.605. The topological polar surface area (TPSA) is 32.3 Å². The SMILES string of the molecule is CCC(C)CC(O)(CC)CNC(C)C. The molecule has 0 aliphatic heterocycles. The third-order valence-corrected chi connectivity index (χ3v) is 2.92. The molecular formula is C12H27NO. The van der Waals surface area contributed by atoms with Crippen molar-refractivity contribution in [2.24, 2.45) is 5.92 Å². The Morgan fingerprint density at radius 1 is 1.21 bits per heavy atom. The summed E-state index contributed by atoms with van der Waals surface area (Å²) >= 11 is 0. The molecule has 0 rings (SSSR count). The molecule has 0 aromatic carbocycles. The van der Waals surface area contributed by atoms with E-state index >= 15 is 0 Å². The molecule has 0 aliphatic carbocycles. The van der Waals surface area contributed by atoms with Crippen molar-refractivity contribution < 1.29 is 5.11 Å². The molecule has 2 nitrogen and oxygen atoms in total. The molecule has 0 radical (unpaired) electrons. The van der Waals surface area contributed by atoms with E-state index in [0.29, 0.717) is 18.5 Å². The molecule has 0 fully saturated rings. The van der Waals surface area contributed by atoms with Crippen LogP contribution >= 0.6 is 0 Å². The number of nitrogens with one attached hydrogen (secondary N) is 1. The van der Waals surface area contributed by atoms with Crippen molar-refractivity contribution in [3.05, 3.63) is 0 Å². The highest BCUT2D eigenvalue weighted by atomic mass is 16.3. The highest BCUT2D eigenvalue weighted by molar-refractivity contribution is 4.82. The predicted molar refractivity (Wildman–Crippen MR) is 62.5 cm³/mol. The summed E-state index contributed by atoms with van der Waals surface area (Å²) in [5, 5.41) is 13.6. The first-order valence-corrected chi connectivity index (χ1v) is 5.89. The van der Waals surface area contributed by atoms with Crippen LogP contribution < -0.4 is 5.32 Å². The van der Waals surface area contributed by atoms with Crippen molar-refractivity contribution in [1.29, 1.82) is 0 Å². The lowest BCUT2D eigenvalue weighted by Crippen LogP contribution is -2.43. The van der Waals surface area contributed by atoms with Crippen LogP contribution in [0.5, 0.6) is 0 Å². The van der Waals surface area contributed by atoms with Crippen molar-refractivity contribution >= 4 is 0 Å². The third-order valence-electron chi connectivity index (χ3n) is 2.92. The van der Waals surface area contributed by atoms with E-state index in [-0.39, 0.29) is 0 Å². The van der Waals surface area contributed by atoms with Gasteiger partial charge in [0.2, 0.25) is 0 Å². The number of hydrogen-bond acceptors (Lipinski definition) is 2. The molecule has 0 saturated heterocycles. The maximum Gasteiger partial charge on any atom is 0.0771 e. The van der Waals surface area contributed by atoms with Gasteiger partial charge in [0.15, 0.2) is 0 Å². The van der Waals surface area contributed by atoms with Crippen LogP contribution in [0.15, 0.2) is 0 Å². The van der Waals surface area contributed by atoms with E-state index < -0.39 is 5.60 Å². The zero-order valence-corrected chi connectivity index (χ0v) is 10.4. The van der Waals surface area contributed by atoms with Crippen LogP contribution in [0, 0.1) is 5.92 Å². The summed E-state index contributed by atoms with van der Waals surface area (Å²) in [4.78, 5) is 0. The van der Waals surface area contributed by atoms with Gasteiger partial charge in [0, 0.05) is 12.6 Å². The lowest BCUT2D eigenvalue weighted by molar-refractivity contribution is 0.0122. The summed E-state index contributed by atoms with van der Waals surface area (Å²) in [5.41, 5.74) is -0.514. The minimum Gasteiger partial charge on any atom is -0.389 e. The second-order valence-electron chi connectivity index (χ2n) is 4.83. The lowest BCUT2D eigenvalue weighted by Gasteiger charge is -2.30. The molecule has 0 aromatic heterocycles. The van der Waals surface area contributed by atoms with Crippen molar-refractivity contribution in [1.82, 2.24) is 5.32 Å². The van der Waals surface area contributed by atoms with Gasteiger partial charge in [0.25, 0.3) is 0 Å². The Bertz CT molecular complexity index is 147. The van der Waals surface area contributed by atoms with Gasteiger partial charge >= 0.3 is 0 Å². The van der Waals surface area contributed by atoms with Crippen LogP contribution in [0.25, 0.3) is 0 Å². The molecule has 2 atom stereocenters. The highest BCUT2D eigenvalue weighted by Gasteiger charge is 2.26. The van der Waals surface area contributed by atoms with E-state index in [1.807, 2.05) is 0 Å². The first-order chi connectivity index (χ1) is 6.43. The van der Waals surface area contributed by atoms with E-state index in [1.165, 1.54) is 0 Å². The normalized spacial score (nSPS) is 18.2. The van der Waals surface area contributed by atoms with E-state index in [1.54, 1.807) is 0 Å². The third kappa shape index (κ3) is 5.61. The Balaban J connectivity index is 4.03. The molecule has 0 amide bonds. The van der Waals surface area contributed by atoms with Crippen LogP contribution in [0.1, 0.15) is 53.9 Å². The number of hydrogen-bond donors (Lipinski definition) is 2. The van der Waals surface area contributed by atoms with Crippen molar-refractivity contribution in [2.75, 3.05) is 6.54 Å². The fourth-order valence-electron chi connectivity index (χ4n) is 1.53. The van der Waals surface area contributed by atoms with Gasteiger partial charge in [0.05, 0.1) is 5.60 Å². The van der Waals surface area contributed by atoms with Crippen molar-refractivity contribution in [3.8, 4) is 0 Å². The van der Waals surface area contributed by atoms with Crippen LogP contribution in [0.2, 0.25) is 0 Å². The molecule has 86 valence electrons. The van der Waals surface area contributed by atoms with E-state index in [9.17, 15) is 5.11 Å². The molecule has 2 unspecified atom stereocenters. The van der Waals surface area contributed by atoms with Crippen LogP contribution in [0.4, 0.5) is 0 Å². The Hall–Kier alpha value is -0.0800. The second-order valence-corrected chi connectivity index (χ2v) is 4.83. The summed E-state index contributed by atoms with van der Waals surface area (Å²) < 4.78 is 0. The summed E-state index contributed by atoms with van der Waals surface area (Å²) in [6, 6.07) is 0.449. The van der Waals surface area contributed by atoms with Gasteiger partial charge in [-0.05, 0) is 18.8 Å². The Labute approximate surface area is 89.1 Å². The van der Waals surface area contributed by atoms with Crippen LogP contribution in [-0.2, 0) is 0 Å². The van der Waals surface area contributed by atoms with Gasteiger partial charge in [-0.15, -0.1) is 0 Å². The standard InChI is InChI=1S/C12H27NO/c1-6-11(5)8-12(14,7-2)9-13-10(3)4/h10-11,13-14H,6-9H2,1-5H3. The largest absolute Gasteiger partial charge is 0.389 e. The van der Waals surface area contributed by atoms with E-state index in [0.717, 1.165) is 19.3 Å². The Morgan fingerprint density at radius 3 is 2.14 bits per heavy atom. The van der Waals surface area contributed by atoms with Crippen molar-refractivity contribution in [3.63, 3.8) is 0 Å². The molecule has 0 spiro atoms. The van der Waals surface area contributed by atoms with Gasteiger partial charge in [-0.3, -0.25) is 0 Å². The monoisotopic (exact) mass is 201 g/mol. The second kappa shape index (κ2) is 6.41. The van der Waals surface area contributed by atoms with E-state index in [2.05, 4.69) is 39.9 Å². The van der Waals surface area contributed by atoms with Crippen LogP contribution in [0.3, 0.4) is 0 Å². The Kier molecular flexibility index (Phi) is 6.38. The summed E-state index contributed by atoms with van der Waals surface area (Å²) in [7, 11) is 0. The first-order valence-electron chi connectivity index (χ1n) is 5.89. The molecule has 14 heavy (non-hydrogen) atoms. The maximum atomic E-state index is 10.3. The van der Waals surface area contributed by atoms with E-state index in [4.69, 9.17) is 0 Å². The smallest absolute Gasteiger partial charge is 0.0771 e. The quantitative estimate of drug-likeness (QED) is 0.663.